The lowest BCUT2D eigenvalue weighted by Crippen LogP contribution is -2.20. The molecule has 0 saturated carbocycles. The van der Waals surface area contributed by atoms with Gasteiger partial charge in [-0.1, -0.05) is 6.07 Å². The predicted octanol–water partition coefficient (Wildman–Crippen LogP) is 1.90. The lowest BCUT2D eigenvalue weighted by atomic mass is 10.4. The molecule has 0 unspecified atom stereocenters. The second-order valence-electron chi connectivity index (χ2n) is 3.34. The predicted molar refractivity (Wildman–Crippen MR) is 62.0 cm³/mol. The number of nitrogens with zero attached hydrogens (tertiary/aromatic N) is 4. The largest absolute Gasteiger partial charge is 0.473 e. The van der Waals surface area contributed by atoms with Gasteiger partial charge in [0, 0.05) is 6.07 Å². The molecule has 0 radical (unpaired) electrons. The summed E-state index contributed by atoms with van der Waals surface area (Å²) in [5.41, 5.74) is 0. The molecule has 0 fully saturated rings. The number of aromatic nitrogens is 4. The molecular weight excluding hydrogens is 272 g/mol. The van der Waals surface area contributed by atoms with Crippen molar-refractivity contribution < 1.29 is 4.74 Å². The molecule has 16 heavy (non-hydrogen) atoms. The molecule has 0 aliphatic heterocycles. The first-order valence-corrected chi connectivity index (χ1v) is 5.65. The van der Waals surface area contributed by atoms with Crippen LogP contribution in [0.1, 0.15) is 6.92 Å². The van der Waals surface area contributed by atoms with Crippen LogP contribution in [0, 0.1) is 0 Å². The Bertz CT molecular complexity index is 446. The van der Waals surface area contributed by atoms with E-state index < -0.39 is 0 Å². The molecule has 2 rings (SSSR count). The van der Waals surface area contributed by atoms with Crippen molar-refractivity contribution in [3.05, 3.63) is 35.5 Å². The Morgan fingerprint density at radius 1 is 1.50 bits per heavy atom. The highest BCUT2D eigenvalue weighted by molar-refractivity contribution is 9.10. The van der Waals surface area contributed by atoms with Crippen LogP contribution in [-0.2, 0) is 6.54 Å². The van der Waals surface area contributed by atoms with Crippen molar-refractivity contribution in [3.63, 3.8) is 0 Å². The van der Waals surface area contributed by atoms with Crippen LogP contribution in [0.2, 0.25) is 0 Å². The average Bonchev–Trinajstić information content (AvgIpc) is 2.70. The third kappa shape index (κ3) is 3.03. The molecule has 2 heterocycles. The van der Waals surface area contributed by atoms with Gasteiger partial charge in [0.25, 0.3) is 0 Å². The zero-order valence-corrected chi connectivity index (χ0v) is 10.3. The van der Waals surface area contributed by atoms with E-state index in [0.717, 1.165) is 4.60 Å². The van der Waals surface area contributed by atoms with Crippen molar-refractivity contribution in [2.45, 2.75) is 19.6 Å². The second-order valence-corrected chi connectivity index (χ2v) is 4.16. The van der Waals surface area contributed by atoms with Gasteiger partial charge in [0.05, 0.1) is 6.54 Å². The number of halogens is 1. The van der Waals surface area contributed by atoms with Gasteiger partial charge in [-0.15, -0.1) is 0 Å². The van der Waals surface area contributed by atoms with Crippen LogP contribution in [-0.4, -0.2) is 25.9 Å². The normalized spacial score (nSPS) is 12.4. The second kappa shape index (κ2) is 5.07. The lowest BCUT2D eigenvalue weighted by molar-refractivity contribution is 0.186. The molecular formula is C10H11BrN4O. The summed E-state index contributed by atoms with van der Waals surface area (Å²) in [5.74, 6) is 0.599. The molecule has 2 aromatic heterocycles. The van der Waals surface area contributed by atoms with Crippen LogP contribution in [0.15, 0.2) is 35.5 Å². The molecule has 0 aromatic carbocycles. The van der Waals surface area contributed by atoms with Gasteiger partial charge in [0.1, 0.15) is 23.4 Å². The third-order valence-corrected chi connectivity index (χ3v) is 2.36. The number of rotatable bonds is 4. The third-order valence-electron chi connectivity index (χ3n) is 1.92. The minimum absolute atomic E-state index is 0.0106. The van der Waals surface area contributed by atoms with Crippen LogP contribution in [0.5, 0.6) is 5.88 Å². The van der Waals surface area contributed by atoms with Crippen molar-refractivity contribution in [3.8, 4) is 5.88 Å². The maximum absolute atomic E-state index is 5.64. The van der Waals surface area contributed by atoms with E-state index in [-0.39, 0.29) is 6.10 Å². The minimum atomic E-state index is -0.0106. The first-order chi connectivity index (χ1) is 7.74. The summed E-state index contributed by atoms with van der Waals surface area (Å²) in [5, 5.41) is 4.01. The van der Waals surface area contributed by atoms with E-state index in [1.807, 2.05) is 25.1 Å². The van der Waals surface area contributed by atoms with Gasteiger partial charge >= 0.3 is 0 Å². The SMILES string of the molecule is C[C@@H](Cn1cncn1)Oc1cccc(Br)n1. The van der Waals surface area contributed by atoms with Gasteiger partial charge in [-0.3, -0.25) is 0 Å². The smallest absolute Gasteiger partial charge is 0.214 e. The standard InChI is InChI=1S/C10H11BrN4O/c1-8(5-15-7-12-6-13-15)16-10-4-2-3-9(11)14-10/h2-4,6-8H,5H2,1H3/t8-/m0/s1. The highest BCUT2D eigenvalue weighted by Gasteiger charge is 2.06. The van der Waals surface area contributed by atoms with E-state index in [2.05, 4.69) is 31.0 Å². The number of hydrogen-bond donors (Lipinski definition) is 0. The summed E-state index contributed by atoms with van der Waals surface area (Å²) in [4.78, 5) is 8.06. The fourth-order valence-electron chi connectivity index (χ4n) is 1.29. The molecule has 0 amide bonds. The molecule has 5 nitrogen and oxygen atoms in total. The molecule has 0 aliphatic rings. The van der Waals surface area contributed by atoms with Crippen molar-refractivity contribution in [1.29, 1.82) is 0 Å². The Morgan fingerprint density at radius 3 is 3.06 bits per heavy atom. The van der Waals surface area contributed by atoms with Gasteiger partial charge in [0.2, 0.25) is 5.88 Å². The van der Waals surface area contributed by atoms with Crippen LogP contribution < -0.4 is 4.74 Å². The van der Waals surface area contributed by atoms with Crippen LogP contribution >= 0.6 is 15.9 Å². The fraction of sp³-hybridized carbons (Fsp3) is 0.300. The van der Waals surface area contributed by atoms with Crippen molar-refractivity contribution >= 4 is 15.9 Å². The van der Waals surface area contributed by atoms with Crippen LogP contribution in [0.4, 0.5) is 0 Å². The Labute approximate surface area is 102 Å². The zero-order chi connectivity index (χ0) is 11.4. The topological polar surface area (TPSA) is 52.8 Å². The monoisotopic (exact) mass is 282 g/mol. The molecule has 2 aromatic rings. The highest BCUT2D eigenvalue weighted by Crippen LogP contribution is 2.13. The van der Waals surface area contributed by atoms with Gasteiger partial charge in [-0.05, 0) is 28.9 Å². The van der Waals surface area contributed by atoms with Gasteiger partial charge in [0.15, 0.2) is 0 Å². The maximum atomic E-state index is 5.64. The summed E-state index contributed by atoms with van der Waals surface area (Å²) in [7, 11) is 0. The van der Waals surface area contributed by atoms with E-state index in [1.54, 1.807) is 11.0 Å². The van der Waals surface area contributed by atoms with E-state index in [1.165, 1.54) is 6.33 Å². The summed E-state index contributed by atoms with van der Waals surface area (Å²) < 4.78 is 8.13. The lowest BCUT2D eigenvalue weighted by Gasteiger charge is -2.13. The Kier molecular flexibility index (Phi) is 3.51. The first-order valence-electron chi connectivity index (χ1n) is 4.85. The van der Waals surface area contributed by atoms with Gasteiger partial charge < -0.3 is 4.74 Å². The van der Waals surface area contributed by atoms with Gasteiger partial charge in [-0.2, -0.15) is 5.10 Å². The van der Waals surface area contributed by atoms with E-state index >= 15 is 0 Å². The molecule has 84 valence electrons. The Balaban J connectivity index is 1.94. The molecule has 0 saturated heterocycles. The number of pyridine rings is 1. The number of hydrogen-bond acceptors (Lipinski definition) is 4. The minimum Gasteiger partial charge on any atom is -0.473 e. The summed E-state index contributed by atoms with van der Waals surface area (Å²) in [6.07, 6.45) is 3.15. The van der Waals surface area contributed by atoms with E-state index in [9.17, 15) is 0 Å². The Hall–Kier alpha value is -1.43. The average molecular weight is 283 g/mol. The Morgan fingerprint density at radius 2 is 2.38 bits per heavy atom. The molecule has 0 N–H and O–H groups in total. The molecule has 0 aliphatic carbocycles. The number of ether oxygens (including phenoxy) is 1. The van der Waals surface area contributed by atoms with E-state index in [0.29, 0.717) is 12.4 Å². The quantitative estimate of drug-likeness (QED) is 0.804. The van der Waals surface area contributed by atoms with Crippen LogP contribution in [0.3, 0.4) is 0 Å². The fourth-order valence-corrected chi connectivity index (χ4v) is 1.62. The van der Waals surface area contributed by atoms with Crippen molar-refractivity contribution in [1.82, 2.24) is 19.7 Å². The molecule has 1 atom stereocenters. The first kappa shape index (κ1) is 11.1. The van der Waals surface area contributed by atoms with Crippen molar-refractivity contribution in [2.75, 3.05) is 0 Å². The van der Waals surface area contributed by atoms with Crippen LogP contribution in [0.25, 0.3) is 0 Å². The molecule has 0 spiro atoms. The summed E-state index contributed by atoms with van der Waals surface area (Å²) in [6.45, 7) is 2.61. The molecule has 6 heteroatoms. The highest BCUT2D eigenvalue weighted by atomic mass is 79.9. The molecule has 0 bridgehead atoms. The van der Waals surface area contributed by atoms with Gasteiger partial charge in [-0.25, -0.2) is 14.6 Å². The summed E-state index contributed by atoms with van der Waals surface area (Å²) in [6, 6.07) is 5.56. The van der Waals surface area contributed by atoms with E-state index in [4.69, 9.17) is 4.74 Å². The summed E-state index contributed by atoms with van der Waals surface area (Å²) >= 11 is 3.29. The maximum Gasteiger partial charge on any atom is 0.214 e. The zero-order valence-electron chi connectivity index (χ0n) is 8.75. The van der Waals surface area contributed by atoms with Crippen molar-refractivity contribution in [2.24, 2.45) is 0 Å².